The SMILES string of the molecule is O=C(/C=C/c1ccc(OC(F)F)cc1OC(F)F)Nc1cc2c(cc1Cl)OCCO2. The van der Waals surface area contributed by atoms with Crippen molar-refractivity contribution in [3.63, 3.8) is 0 Å². The van der Waals surface area contributed by atoms with Crippen LogP contribution in [-0.4, -0.2) is 32.3 Å². The van der Waals surface area contributed by atoms with Crippen molar-refractivity contribution in [1.29, 1.82) is 0 Å². The summed E-state index contributed by atoms with van der Waals surface area (Å²) in [6.45, 7) is -5.61. The second-order valence-electron chi connectivity index (χ2n) is 5.75. The van der Waals surface area contributed by atoms with Gasteiger partial charge in [0.15, 0.2) is 11.5 Å². The lowest BCUT2D eigenvalue weighted by Gasteiger charge is -2.19. The minimum absolute atomic E-state index is 0.0420. The third kappa shape index (κ3) is 5.69. The minimum Gasteiger partial charge on any atom is -0.486 e. The number of benzene rings is 2. The number of hydrogen-bond donors (Lipinski definition) is 1. The van der Waals surface area contributed by atoms with E-state index in [4.69, 9.17) is 21.1 Å². The lowest BCUT2D eigenvalue weighted by molar-refractivity contribution is -0.111. The molecule has 0 fully saturated rings. The quantitative estimate of drug-likeness (QED) is 0.480. The summed E-state index contributed by atoms with van der Waals surface area (Å²) in [6, 6.07) is 6.17. The number of fused-ring (bicyclic) bond motifs is 1. The third-order valence-corrected chi connectivity index (χ3v) is 4.04. The molecule has 0 saturated heterocycles. The molecule has 0 radical (unpaired) electrons. The van der Waals surface area contributed by atoms with E-state index in [1.165, 1.54) is 24.3 Å². The van der Waals surface area contributed by atoms with Crippen LogP contribution in [0.5, 0.6) is 23.0 Å². The molecule has 0 unspecified atom stereocenters. The van der Waals surface area contributed by atoms with Gasteiger partial charge in [0.2, 0.25) is 5.91 Å². The second kappa shape index (κ2) is 9.57. The molecule has 1 N–H and O–H groups in total. The van der Waals surface area contributed by atoms with Gasteiger partial charge in [-0.15, -0.1) is 0 Å². The average Bonchev–Trinajstić information content (AvgIpc) is 2.67. The van der Waals surface area contributed by atoms with Crippen LogP contribution in [0.25, 0.3) is 6.08 Å². The van der Waals surface area contributed by atoms with Crippen molar-refractivity contribution in [3.05, 3.63) is 47.0 Å². The Morgan fingerprint density at radius 2 is 1.70 bits per heavy atom. The Hall–Kier alpha value is -3.14. The highest BCUT2D eigenvalue weighted by molar-refractivity contribution is 6.34. The van der Waals surface area contributed by atoms with Crippen molar-refractivity contribution in [3.8, 4) is 23.0 Å². The van der Waals surface area contributed by atoms with Crippen LogP contribution in [0.15, 0.2) is 36.4 Å². The Bertz CT molecular complexity index is 955. The van der Waals surface area contributed by atoms with Gasteiger partial charge in [0, 0.05) is 29.8 Å². The Kier molecular flexibility index (Phi) is 6.88. The molecule has 30 heavy (non-hydrogen) atoms. The molecule has 0 aliphatic carbocycles. The minimum atomic E-state index is -3.20. The van der Waals surface area contributed by atoms with E-state index in [0.717, 1.165) is 18.2 Å². The van der Waals surface area contributed by atoms with Crippen LogP contribution in [0, 0.1) is 0 Å². The van der Waals surface area contributed by atoms with Gasteiger partial charge in [-0.3, -0.25) is 4.79 Å². The maximum Gasteiger partial charge on any atom is 0.387 e. The molecule has 2 aromatic rings. The number of amides is 1. The summed E-state index contributed by atoms with van der Waals surface area (Å²) in [5.41, 5.74) is 0.292. The highest BCUT2D eigenvalue weighted by Crippen LogP contribution is 2.38. The Morgan fingerprint density at radius 1 is 1.03 bits per heavy atom. The number of rotatable bonds is 7. The molecule has 3 rings (SSSR count). The topological polar surface area (TPSA) is 66.0 Å². The molecule has 0 spiro atoms. The fraction of sp³-hybridized carbons (Fsp3) is 0.211. The van der Waals surface area contributed by atoms with Crippen LogP contribution in [0.1, 0.15) is 5.56 Å². The van der Waals surface area contributed by atoms with Gasteiger partial charge < -0.3 is 24.3 Å². The van der Waals surface area contributed by atoms with Crippen LogP contribution < -0.4 is 24.3 Å². The number of carbonyl (C=O) groups is 1. The van der Waals surface area contributed by atoms with Gasteiger partial charge in [0.25, 0.3) is 0 Å². The first-order chi connectivity index (χ1) is 14.3. The Labute approximate surface area is 172 Å². The fourth-order valence-electron chi connectivity index (χ4n) is 2.53. The molecule has 1 aliphatic rings. The van der Waals surface area contributed by atoms with Crippen LogP contribution in [0.2, 0.25) is 5.02 Å². The fourth-order valence-corrected chi connectivity index (χ4v) is 2.73. The van der Waals surface area contributed by atoms with E-state index >= 15 is 0 Å². The maximum absolute atomic E-state index is 12.6. The van der Waals surface area contributed by atoms with Gasteiger partial charge >= 0.3 is 13.2 Å². The van der Waals surface area contributed by atoms with E-state index in [9.17, 15) is 22.4 Å². The zero-order valence-electron chi connectivity index (χ0n) is 15.0. The largest absolute Gasteiger partial charge is 0.486 e. The predicted molar refractivity (Wildman–Crippen MR) is 99.8 cm³/mol. The number of anilines is 1. The lowest BCUT2D eigenvalue weighted by Crippen LogP contribution is -2.16. The average molecular weight is 448 g/mol. The summed E-state index contributed by atoms with van der Waals surface area (Å²) in [5.74, 6) is -0.591. The van der Waals surface area contributed by atoms with Crippen LogP contribution in [-0.2, 0) is 4.79 Å². The molecule has 0 atom stereocenters. The van der Waals surface area contributed by atoms with Gasteiger partial charge in [-0.1, -0.05) is 11.6 Å². The number of hydrogen-bond acceptors (Lipinski definition) is 5. The first-order valence-corrected chi connectivity index (χ1v) is 8.81. The summed E-state index contributed by atoms with van der Waals surface area (Å²) in [5, 5.41) is 2.73. The molecule has 0 aromatic heterocycles. The van der Waals surface area contributed by atoms with Gasteiger partial charge in [-0.25, -0.2) is 0 Å². The number of carbonyl (C=O) groups excluding carboxylic acids is 1. The molecule has 160 valence electrons. The smallest absolute Gasteiger partial charge is 0.387 e. The van der Waals surface area contributed by atoms with Gasteiger partial charge in [0.05, 0.1) is 10.7 Å². The molecule has 0 bridgehead atoms. The number of nitrogens with one attached hydrogen (secondary N) is 1. The molecule has 1 amide bonds. The number of alkyl halides is 4. The van der Waals surface area contributed by atoms with E-state index in [1.54, 1.807) is 0 Å². The summed E-state index contributed by atoms with van der Waals surface area (Å²) in [6.07, 6.45) is 2.21. The zero-order chi connectivity index (χ0) is 21.7. The molecular weight excluding hydrogens is 434 g/mol. The van der Waals surface area contributed by atoms with Crippen molar-refractivity contribution < 1.29 is 41.3 Å². The van der Waals surface area contributed by atoms with Crippen molar-refractivity contribution in [1.82, 2.24) is 0 Å². The Balaban J connectivity index is 1.75. The summed E-state index contributed by atoms with van der Waals surface area (Å²) in [4.78, 5) is 12.2. The van der Waals surface area contributed by atoms with E-state index in [1.807, 2.05) is 0 Å². The molecule has 11 heteroatoms. The molecule has 1 heterocycles. The van der Waals surface area contributed by atoms with E-state index in [2.05, 4.69) is 14.8 Å². The summed E-state index contributed by atoms with van der Waals surface area (Å²) < 4.78 is 69.1. The van der Waals surface area contributed by atoms with Crippen LogP contribution in [0.4, 0.5) is 23.2 Å². The zero-order valence-corrected chi connectivity index (χ0v) is 15.8. The van der Waals surface area contributed by atoms with Crippen molar-refractivity contribution in [2.24, 2.45) is 0 Å². The normalized spacial score (nSPS) is 13.0. The summed E-state index contributed by atoms with van der Waals surface area (Å²) in [7, 11) is 0. The van der Waals surface area contributed by atoms with Crippen molar-refractivity contribution in [2.45, 2.75) is 13.2 Å². The number of halogens is 5. The van der Waals surface area contributed by atoms with Crippen LogP contribution in [0.3, 0.4) is 0 Å². The summed E-state index contributed by atoms with van der Waals surface area (Å²) >= 11 is 6.11. The standard InChI is InChI=1S/C19H14ClF4NO5/c20-12-8-15-16(28-6-5-27-15)9-13(12)25-17(26)4-2-10-1-3-11(29-18(21)22)7-14(10)30-19(23)24/h1-4,7-9,18-19H,5-6H2,(H,25,26)/b4-2+. The molecule has 0 saturated carbocycles. The highest BCUT2D eigenvalue weighted by atomic mass is 35.5. The third-order valence-electron chi connectivity index (χ3n) is 3.73. The molecule has 6 nitrogen and oxygen atoms in total. The predicted octanol–water partition coefficient (Wildman–Crippen LogP) is 4.97. The van der Waals surface area contributed by atoms with Gasteiger partial charge in [0.1, 0.15) is 24.7 Å². The highest BCUT2D eigenvalue weighted by Gasteiger charge is 2.16. The second-order valence-corrected chi connectivity index (χ2v) is 6.16. The van der Waals surface area contributed by atoms with E-state index < -0.39 is 24.9 Å². The molecular formula is C19H14ClF4NO5. The van der Waals surface area contributed by atoms with Crippen molar-refractivity contribution >= 4 is 29.3 Å². The Morgan fingerprint density at radius 3 is 2.37 bits per heavy atom. The molecule has 1 aliphatic heterocycles. The van der Waals surface area contributed by atoms with E-state index in [0.29, 0.717) is 24.7 Å². The lowest BCUT2D eigenvalue weighted by atomic mass is 10.1. The van der Waals surface area contributed by atoms with Crippen LogP contribution >= 0.6 is 11.6 Å². The van der Waals surface area contributed by atoms with Gasteiger partial charge in [-0.05, 0) is 18.2 Å². The first-order valence-electron chi connectivity index (χ1n) is 8.43. The maximum atomic E-state index is 12.6. The van der Waals surface area contributed by atoms with Gasteiger partial charge in [-0.2, -0.15) is 17.6 Å². The molecule has 2 aromatic carbocycles. The first kappa shape index (κ1) is 21.6. The number of ether oxygens (including phenoxy) is 4. The van der Waals surface area contributed by atoms with Crippen molar-refractivity contribution in [2.75, 3.05) is 18.5 Å². The monoisotopic (exact) mass is 447 g/mol. The van der Waals surface area contributed by atoms with E-state index in [-0.39, 0.29) is 22.0 Å².